The van der Waals surface area contributed by atoms with Gasteiger partial charge in [0.15, 0.2) is 5.75 Å². The van der Waals surface area contributed by atoms with Crippen LogP contribution >= 0.6 is 11.6 Å². The Hall–Kier alpha value is -2.06. The highest BCUT2D eigenvalue weighted by Gasteiger charge is 2.16. The molecular formula is C11H9ClN2O3. The highest BCUT2D eigenvalue weighted by atomic mass is 35.5. The molecule has 0 aromatic heterocycles. The van der Waals surface area contributed by atoms with Crippen molar-refractivity contribution < 1.29 is 9.66 Å². The van der Waals surface area contributed by atoms with Gasteiger partial charge in [-0.15, -0.1) is 0 Å². The van der Waals surface area contributed by atoms with Crippen LogP contribution in [0.3, 0.4) is 0 Å². The van der Waals surface area contributed by atoms with Crippen LogP contribution in [-0.4, -0.2) is 12.0 Å². The molecule has 1 aromatic rings. The van der Waals surface area contributed by atoms with Crippen molar-refractivity contribution in [2.45, 2.75) is 6.92 Å². The Balaban J connectivity index is 3.34. The number of nitrogens with zero attached hydrogens (tertiary/aromatic N) is 2. The molecule has 6 heteroatoms. The molecular weight excluding hydrogens is 244 g/mol. The summed E-state index contributed by atoms with van der Waals surface area (Å²) in [5.41, 5.74) is 0.700. The SMILES string of the molecule is COc1cc(/C(Cl)=C(/C)C#N)ccc1[N+](=O)[O-]. The number of hydrogen-bond acceptors (Lipinski definition) is 4. The van der Waals surface area contributed by atoms with Crippen LogP contribution in [0.4, 0.5) is 5.69 Å². The average Bonchev–Trinajstić information content (AvgIpc) is 2.35. The second kappa shape index (κ2) is 5.32. The van der Waals surface area contributed by atoms with Crippen molar-refractivity contribution in [3.05, 3.63) is 39.4 Å². The van der Waals surface area contributed by atoms with Gasteiger partial charge in [-0.2, -0.15) is 5.26 Å². The first-order valence-electron chi connectivity index (χ1n) is 4.60. The lowest BCUT2D eigenvalue weighted by Gasteiger charge is -2.05. The predicted octanol–water partition coefficient (Wildman–Crippen LogP) is 3.10. The molecule has 0 heterocycles. The number of allylic oxidation sites excluding steroid dienone is 1. The van der Waals surface area contributed by atoms with E-state index >= 15 is 0 Å². The van der Waals surface area contributed by atoms with Crippen molar-refractivity contribution in [3.8, 4) is 11.8 Å². The normalized spacial score (nSPS) is 11.4. The van der Waals surface area contributed by atoms with Crippen LogP contribution in [-0.2, 0) is 0 Å². The fraction of sp³-hybridized carbons (Fsp3) is 0.182. The minimum atomic E-state index is -0.544. The van der Waals surface area contributed by atoms with Crippen LogP contribution in [0.1, 0.15) is 12.5 Å². The molecule has 0 aliphatic carbocycles. The van der Waals surface area contributed by atoms with Gasteiger partial charge in [-0.25, -0.2) is 0 Å². The van der Waals surface area contributed by atoms with Crippen molar-refractivity contribution in [1.82, 2.24) is 0 Å². The summed E-state index contributed by atoms with van der Waals surface area (Å²) in [5, 5.41) is 19.6. The van der Waals surface area contributed by atoms with E-state index in [4.69, 9.17) is 21.6 Å². The van der Waals surface area contributed by atoms with E-state index in [1.807, 2.05) is 6.07 Å². The van der Waals surface area contributed by atoms with Crippen LogP contribution in [0.5, 0.6) is 5.75 Å². The number of benzene rings is 1. The van der Waals surface area contributed by atoms with E-state index in [1.165, 1.54) is 25.3 Å². The Morgan fingerprint density at radius 2 is 2.24 bits per heavy atom. The van der Waals surface area contributed by atoms with Crippen LogP contribution in [0.2, 0.25) is 0 Å². The van der Waals surface area contributed by atoms with Gasteiger partial charge in [-0.05, 0) is 24.6 Å². The second-order valence-corrected chi connectivity index (χ2v) is 3.57. The van der Waals surface area contributed by atoms with Gasteiger partial charge in [0.2, 0.25) is 0 Å². The van der Waals surface area contributed by atoms with E-state index in [1.54, 1.807) is 6.92 Å². The lowest BCUT2D eigenvalue weighted by molar-refractivity contribution is -0.385. The van der Waals surface area contributed by atoms with Crippen molar-refractivity contribution in [2.75, 3.05) is 7.11 Å². The number of nitriles is 1. The third-order valence-corrected chi connectivity index (χ3v) is 2.63. The van der Waals surface area contributed by atoms with Gasteiger partial charge in [-0.3, -0.25) is 10.1 Å². The van der Waals surface area contributed by atoms with Crippen LogP contribution in [0, 0.1) is 21.4 Å². The van der Waals surface area contributed by atoms with Gasteiger partial charge in [-0.1, -0.05) is 11.6 Å². The molecule has 0 unspecified atom stereocenters. The number of nitro groups is 1. The molecule has 1 aromatic carbocycles. The number of rotatable bonds is 3. The topological polar surface area (TPSA) is 76.2 Å². The third-order valence-electron chi connectivity index (χ3n) is 2.13. The first-order chi connectivity index (χ1) is 8.01. The Labute approximate surface area is 103 Å². The molecule has 0 spiro atoms. The highest BCUT2D eigenvalue weighted by molar-refractivity contribution is 6.49. The number of ether oxygens (including phenoxy) is 1. The van der Waals surface area contributed by atoms with Crippen molar-refractivity contribution in [1.29, 1.82) is 5.26 Å². The zero-order chi connectivity index (χ0) is 13.0. The van der Waals surface area contributed by atoms with Crippen molar-refractivity contribution in [3.63, 3.8) is 0 Å². The molecule has 88 valence electrons. The lowest BCUT2D eigenvalue weighted by atomic mass is 10.1. The summed E-state index contributed by atoms with van der Waals surface area (Å²) in [6.45, 7) is 1.57. The molecule has 5 nitrogen and oxygen atoms in total. The summed E-state index contributed by atoms with van der Waals surface area (Å²) in [4.78, 5) is 10.1. The van der Waals surface area contributed by atoms with Gasteiger partial charge in [0, 0.05) is 11.6 Å². The van der Waals surface area contributed by atoms with E-state index in [-0.39, 0.29) is 16.5 Å². The summed E-state index contributed by atoms with van der Waals surface area (Å²) in [7, 11) is 1.33. The molecule has 17 heavy (non-hydrogen) atoms. The number of halogens is 1. The van der Waals surface area contributed by atoms with Crippen molar-refractivity contribution >= 4 is 22.3 Å². The van der Waals surface area contributed by atoms with Crippen LogP contribution in [0.15, 0.2) is 23.8 Å². The Bertz CT molecular complexity index is 532. The Morgan fingerprint density at radius 1 is 1.59 bits per heavy atom. The average molecular weight is 253 g/mol. The maximum absolute atomic E-state index is 10.7. The van der Waals surface area contributed by atoms with Crippen molar-refractivity contribution in [2.24, 2.45) is 0 Å². The van der Waals surface area contributed by atoms with E-state index in [9.17, 15) is 10.1 Å². The fourth-order valence-corrected chi connectivity index (χ4v) is 1.39. The van der Waals surface area contributed by atoms with Gasteiger partial charge < -0.3 is 4.74 Å². The smallest absolute Gasteiger partial charge is 0.310 e. The maximum Gasteiger partial charge on any atom is 0.310 e. The monoisotopic (exact) mass is 252 g/mol. The summed E-state index contributed by atoms with van der Waals surface area (Å²) >= 11 is 5.95. The van der Waals surface area contributed by atoms with Gasteiger partial charge >= 0.3 is 5.69 Å². The Kier molecular flexibility index (Phi) is 4.07. The highest BCUT2D eigenvalue weighted by Crippen LogP contribution is 2.32. The number of hydrogen-bond donors (Lipinski definition) is 0. The van der Waals surface area contributed by atoms with E-state index in [0.717, 1.165) is 0 Å². The summed E-state index contributed by atoms with van der Waals surface area (Å²) in [6.07, 6.45) is 0. The first kappa shape index (κ1) is 13.0. The van der Waals surface area contributed by atoms with Crippen LogP contribution < -0.4 is 4.74 Å². The summed E-state index contributed by atoms with van der Waals surface area (Å²) in [5.74, 6) is 0.108. The van der Waals surface area contributed by atoms with Crippen LogP contribution in [0.25, 0.3) is 5.03 Å². The Morgan fingerprint density at radius 3 is 2.71 bits per heavy atom. The zero-order valence-corrected chi connectivity index (χ0v) is 9.99. The molecule has 0 radical (unpaired) electrons. The molecule has 0 bridgehead atoms. The molecule has 0 fully saturated rings. The molecule has 0 aliphatic rings. The van der Waals surface area contributed by atoms with Gasteiger partial charge in [0.1, 0.15) is 0 Å². The quantitative estimate of drug-likeness (QED) is 0.470. The largest absolute Gasteiger partial charge is 0.490 e. The minimum Gasteiger partial charge on any atom is -0.490 e. The predicted molar refractivity (Wildman–Crippen MR) is 63.7 cm³/mol. The molecule has 0 saturated heterocycles. The fourth-order valence-electron chi connectivity index (χ4n) is 1.23. The standard InChI is InChI=1S/C11H9ClN2O3/c1-7(6-13)11(12)8-3-4-9(14(15)16)10(5-8)17-2/h3-5H,1-2H3/b11-7+. The third kappa shape index (κ3) is 2.74. The number of methoxy groups -OCH3 is 1. The molecule has 0 atom stereocenters. The van der Waals surface area contributed by atoms with Gasteiger partial charge in [0.25, 0.3) is 0 Å². The molecule has 0 saturated carbocycles. The summed E-state index contributed by atoms with van der Waals surface area (Å²) < 4.78 is 4.91. The van der Waals surface area contributed by atoms with E-state index in [2.05, 4.69) is 0 Å². The molecule has 1 rings (SSSR count). The molecule has 0 N–H and O–H groups in total. The molecule has 0 amide bonds. The number of nitro benzene ring substituents is 1. The van der Waals surface area contributed by atoms with E-state index in [0.29, 0.717) is 11.1 Å². The maximum atomic E-state index is 10.7. The lowest BCUT2D eigenvalue weighted by Crippen LogP contribution is -1.94. The van der Waals surface area contributed by atoms with Gasteiger partial charge in [0.05, 0.1) is 23.1 Å². The second-order valence-electron chi connectivity index (χ2n) is 3.19. The zero-order valence-electron chi connectivity index (χ0n) is 9.23. The minimum absolute atomic E-state index is 0.108. The first-order valence-corrected chi connectivity index (χ1v) is 4.98. The van der Waals surface area contributed by atoms with E-state index < -0.39 is 4.92 Å². The molecule has 0 aliphatic heterocycles. The summed E-state index contributed by atoms with van der Waals surface area (Å²) in [6, 6.07) is 6.11.